The SMILES string of the molecule is CCCN(C)CCOCCNc1c(C)c(=O)c1=S. The third-order valence-electron chi connectivity index (χ3n) is 2.92. The van der Waals surface area contributed by atoms with E-state index in [0.717, 1.165) is 37.4 Å². The minimum absolute atomic E-state index is 0.00499. The highest BCUT2D eigenvalue weighted by Crippen LogP contribution is 2.14. The van der Waals surface area contributed by atoms with Crippen molar-refractivity contribution in [2.45, 2.75) is 20.3 Å². The fourth-order valence-electron chi connectivity index (χ4n) is 1.78. The summed E-state index contributed by atoms with van der Waals surface area (Å²) in [5.41, 5.74) is 1.55. The fourth-order valence-corrected chi connectivity index (χ4v) is 2.16. The second-order valence-corrected chi connectivity index (χ2v) is 4.91. The molecule has 0 aromatic heterocycles. The van der Waals surface area contributed by atoms with Crippen molar-refractivity contribution in [3.8, 4) is 0 Å². The van der Waals surface area contributed by atoms with Crippen LogP contribution in [-0.2, 0) is 4.74 Å². The Morgan fingerprint density at radius 1 is 1.33 bits per heavy atom. The van der Waals surface area contributed by atoms with Crippen LogP contribution in [0.1, 0.15) is 18.9 Å². The standard InChI is InChI=1S/C13H22N2O2S/c1-4-6-15(3)7-9-17-8-5-14-11-10(2)12(16)13(11)18/h14H,4-9H2,1-3H3. The Balaban J connectivity index is 2.06. The summed E-state index contributed by atoms with van der Waals surface area (Å²) < 4.78 is 5.94. The van der Waals surface area contributed by atoms with E-state index >= 15 is 0 Å². The van der Waals surface area contributed by atoms with E-state index in [1.165, 1.54) is 0 Å². The summed E-state index contributed by atoms with van der Waals surface area (Å²) in [5.74, 6) is 0. The third-order valence-corrected chi connectivity index (χ3v) is 3.31. The molecule has 1 aromatic rings. The molecule has 0 spiro atoms. The Morgan fingerprint density at radius 3 is 2.67 bits per heavy atom. The van der Waals surface area contributed by atoms with Crippen molar-refractivity contribution in [2.24, 2.45) is 0 Å². The summed E-state index contributed by atoms with van der Waals surface area (Å²) in [4.78, 5) is 13.4. The van der Waals surface area contributed by atoms with Gasteiger partial charge in [-0.25, -0.2) is 0 Å². The molecule has 5 heteroatoms. The Bertz CT molecular complexity index is 438. The highest BCUT2D eigenvalue weighted by Gasteiger charge is 2.11. The number of ether oxygens (including phenoxy) is 1. The summed E-state index contributed by atoms with van der Waals surface area (Å²) in [6, 6.07) is 0. The predicted octanol–water partition coefficient (Wildman–Crippen LogP) is 1.73. The molecular weight excluding hydrogens is 248 g/mol. The van der Waals surface area contributed by atoms with Crippen molar-refractivity contribution in [1.82, 2.24) is 4.90 Å². The second-order valence-electron chi connectivity index (χ2n) is 4.50. The van der Waals surface area contributed by atoms with E-state index in [-0.39, 0.29) is 5.43 Å². The summed E-state index contributed by atoms with van der Waals surface area (Å²) in [7, 11) is 2.09. The van der Waals surface area contributed by atoms with Gasteiger partial charge < -0.3 is 15.0 Å². The predicted molar refractivity (Wildman–Crippen MR) is 77.8 cm³/mol. The van der Waals surface area contributed by atoms with Gasteiger partial charge in [-0.2, -0.15) is 0 Å². The highest BCUT2D eigenvalue weighted by molar-refractivity contribution is 7.71. The third kappa shape index (κ3) is 4.15. The van der Waals surface area contributed by atoms with Crippen molar-refractivity contribution in [3.63, 3.8) is 0 Å². The van der Waals surface area contributed by atoms with Gasteiger partial charge in [0.05, 0.1) is 18.9 Å². The quantitative estimate of drug-likeness (QED) is 0.547. The molecule has 0 aliphatic rings. The maximum atomic E-state index is 11.2. The monoisotopic (exact) mass is 270 g/mol. The molecule has 0 atom stereocenters. The van der Waals surface area contributed by atoms with E-state index in [0.29, 0.717) is 17.7 Å². The molecular formula is C13H22N2O2S. The van der Waals surface area contributed by atoms with Crippen molar-refractivity contribution in [3.05, 3.63) is 20.3 Å². The van der Waals surface area contributed by atoms with Crippen LogP contribution in [0.15, 0.2) is 4.79 Å². The van der Waals surface area contributed by atoms with Gasteiger partial charge in [-0.3, -0.25) is 4.79 Å². The Labute approximate surface area is 114 Å². The first-order valence-corrected chi connectivity index (χ1v) is 6.78. The molecule has 0 amide bonds. The van der Waals surface area contributed by atoms with Crippen LogP contribution in [0.2, 0.25) is 0 Å². The van der Waals surface area contributed by atoms with E-state index in [2.05, 4.69) is 24.2 Å². The minimum Gasteiger partial charge on any atom is -0.381 e. The van der Waals surface area contributed by atoms with Crippen LogP contribution in [0, 0.1) is 11.4 Å². The molecule has 0 aliphatic heterocycles. The second kappa shape index (κ2) is 7.61. The lowest BCUT2D eigenvalue weighted by atomic mass is 10.1. The maximum Gasteiger partial charge on any atom is 0.203 e. The number of hydrogen-bond acceptors (Lipinski definition) is 5. The molecule has 0 saturated heterocycles. The van der Waals surface area contributed by atoms with Crippen LogP contribution in [0.5, 0.6) is 0 Å². The molecule has 1 aromatic carbocycles. The van der Waals surface area contributed by atoms with E-state index in [1.54, 1.807) is 6.92 Å². The van der Waals surface area contributed by atoms with Gasteiger partial charge in [0.1, 0.15) is 4.51 Å². The molecule has 0 radical (unpaired) electrons. The molecule has 4 nitrogen and oxygen atoms in total. The van der Waals surface area contributed by atoms with Gasteiger partial charge in [0, 0.05) is 18.7 Å². The van der Waals surface area contributed by atoms with Crippen molar-refractivity contribution >= 4 is 17.9 Å². The van der Waals surface area contributed by atoms with Crippen molar-refractivity contribution < 1.29 is 4.74 Å². The number of likely N-dealkylation sites (N-methyl/N-ethyl adjacent to an activating group) is 1. The van der Waals surface area contributed by atoms with E-state index in [9.17, 15) is 4.79 Å². The number of hydrogen-bond donors (Lipinski definition) is 1. The summed E-state index contributed by atoms with van der Waals surface area (Å²) in [6.07, 6.45) is 1.16. The zero-order chi connectivity index (χ0) is 13.5. The summed E-state index contributed by atoms with van der Waals surface area (Å²) in [5, 5.41) is 3.14. The molecule has 1 N–H and O–H groups in total. The first-order valence-electron chi connectivity index (χ1n) is 6.38. The van der Waals surface area contributed by atoms with Crippen LogP contribution in [0.3, 0.4) is 0 Å². The van der Waals surface area contributed by atoms with Crippen molar-refractivity contribution in [1.29, 1.82) is 0 Å². The van der Waals surface area contributed by atoms with Crippen LogP contribution in [-0.4, -0.2) is 44.8 Å². The topological polar surface area (TPSA) is 41.6 Å². The van der Waals surface area contributed by atoms with Gasteiger partial charge in [0.2, 0.25) is 5.43 Å². The highest BCUT2D eigenvalue weighted by atomic mass is 32.1. The average Bonchev–Trinajstić information content (AvgIpc) is 2.37. The van der Waals surface area contributed by atoms with Gasteiger partial charge >= 0.3 is 0 Å². The normalized spacial score (nSPS) is 11.3. The number of anilines is 1. The molecule has 0 fully saturated rings. The fraction of sp³-hybridized carbons (Fsp3) is 0.692. The molecule has 18 heavy (non-hydrogen) atoms. The molecule has 1 rings (SSSR count). The van der Waals surface area contributed by atoms with Crippen LogP contribution >= 0.6 is 12.2 Å². The maximum absolute atomic E-state index is 11.2. The lowest BCUT2D eigenvalue weighted by molar-refractivity contribution is 0.119. The van der Waals surface area contributed by atoms with Crippen LogP contribution in [0.4, 0.5) is 5.69 Å². The average molecular weight is 270 g/mol. The van der Waals surface area contributed by atoms with Gasteiger partial charge in [-0.05, 0) is 26.9 Å². The van der Waals surface area contributed by atoms with Crippen molar-refractivity contribution in [2.75, 3.05) is 45.2 Å². The van der Waals surface area contributed by atoms with E-state index in [4.69, 9.17) is 17.0 Å². The van der Waals surface area contributed by atoms with Crippen LogP contribution in [0.25, 0.3) is 0 Å². The van der Waals surface area contributed by atoms with Gasteiger partial charge in [0.25, 0.3) is 0 Å². The summed E-state index contributed by atoms with van der Waals surface area (Å²) >= 11 is 4.95. The zero-order valence-electron chi connectivity index (χ0n) is 11.4. The molecule has 0 heterocycles. The van der Waals surface area contributed by atoms with Gasteiger partial charge in [-0.15, -0.1) is 0 Å². The first-order chi connectivity index (χ1) is 8.57. The lowest BCUT2D eigenvalue weighted by Crippen LogP contribution is -2.25. The molecule has 0 saturated carbocycles. The number of nitrogens with zero attached hydrogens (tertiary/aromatic N) is 1. The van der Waals surface area contributed by atoms with E-state index in [1.807, 2.05) is 0 Å². The molecule has 0 aliphatic carbocycles. The van der Waals surface area contributed by atoms with E-state index < -0.39 is 0 Å². The van der Waals surface area contributed by atoms with Gasteiger partial charge in [-0.1, -0.05) is 19.1 Å². The lowest BCUT2D eigenvalue weighted by Gasteiger charge is -2.16. The largest absolute Gasteiger partial charge is 0.381 e. The first kappa shape index (κ1) is 15.3. The summed E-state index contributed by atoms with van der Waals surface area (Å²) in [6.45, 7) is 8.07. The Kier molecular flexibility index (Phi) is 6.46. The zero-order valence-corrected chi connectivity index (χ0v) is 12.2. The Hall–Kier alpha value is -0.780. The number of nitrogens with one attached hydrogen (secondary N) is 1. The Morgan fingerprint density at radius 2 is 2.06 bits per heavy atom. The molecule has 0 unspecified atom stereocenters. The number of rotatable bonds is 9. The van der Waals surface area contributed by atoms with Crippen LogP contribution < -0.4 is 10.7 Å². The molecule has 102 valence electrons. The smallest absolute Gasteiger partial charge is 0.203 e. The van der Waals surface area contributed by atoms with Gasteiger partial charge in [0.15, 0.2) is 0 Å². The minimum atomic E-state index is -0.00499. The molecule has 0 bridgehead atoms.